The van der Waals surface area contributed by atoms with Crippen molar-refractivity contribution in [2.24, 2.45) is 7.05 Å². The molecule has 1 saturated heterocycles. The molecule has 168 valence electrons. The van der Waals surface area contributed by atoms with Crippen LogP contribution < -0.4 is 5.32 Å². The molecule has 0 bridgehead atoms. The molecule has 2 rings (SSSR count). The molecule has 0 saturated carbocycles. The third-order valence-corrected chi connectivity index (χ3v) is 5.06. The molecular weight excluding hydrogens is 386 g/mol. The topological polar surface area (TPSA) is 101 Å². The van der Waals surface area contributed by atoms with Gasteiger partial charge in [0.15, 0.2) is 0 Å². The van der Waals surface area contributed by atoms with Crippen molar-refractivity contribution in [3.05, 3.63) is 17.5 Å². The van der Waals surface area contributed by atoms with Crippen molar-refractivity contribution >= 4 is 17.9 Å². The lowest BCUT2D eigenvalue weighted by Gasteiger charge is -2.30. The molecule has 0 unspecified atom stereocenters. The Hall–Kier alpha value is -2.42. The van der Waals surface area contributed by atoms with Crippen LogP contribution in [0, 0.1) is 6.92 Å². The number of ether oxygens (including phenoxy) is 1. The van der Waals surface area contributed by atoms with Crippen LogP contribution in [0.5, 0.6) is 0 Å². The van der Waals surface area contributed by atoms with Crippen LogP contribution in [0.15, 0.2) is 6.07 Å². The quantitative estimate of drug-likeness (QED) is 0.660. The summed E-state index contributed by atoms with van der Waals surface area (Å²) in [6.45, 7) is 11.1. The van der Waals surface area contributed by atoms with Gasteiger partial charge in [-0.05, 0) is 46.6 Å². The van der Waals surface area contributed by atoms with Crippen LogP contribution >= 0.6 is 0 Å². The maximum absolute atomic E-state index is 13.1. The monoisotopic (exact) mass is 422 g/mol. The molecule has 1 fully saturated rings. The summed E-state index contributed by atoms with van der Waals surface area (Å²) in [6.07, 6.45) is 1.32. The number of aryl methyl sites for hydroxylation is 2. The first-order chi connectivity index (χ1) is 14.0. The van der Waals surface area contributed by atoms with Crippen molar-refractivity contribution in [3.8, 4) is 0 Å². The highest BCUT2D eigenvalue weighted by Crippen LogP contribution is 2.21. The molecule has 1 aromatic heterocycles. The van der Waals surface area contributed by atoms with E-state index in [1.54, 1.807) is 25.7 Å². The van der Waals surface area contributed by atoms with Crippen LogP contribution in [0.2, 0.25) is 0 Å². The SMILES string of the molecule is CC(=O)N1CCC[C@H]1C(=O)N(CCC[NH2+]Cc1cc(C)nn1C)C(=O)OC(C)(C)C. The van der Waals surface area contributed by atoms with Gasteiger partial charge in [0.2, 0.25) is 5.91 Å². The average Bonchev–Trinajstić information content (AvgIpc) is 3.22. The maximum atomic E-state index is 13.1. The van der Waals surface area contributed by atoms with Crippen LogP contribution in [0.3, 0.4) is 0 Å². The van der Waals surface area contributed by atoms with Crippen molar-refractivity contribution in [2.75, 3.05) is 19.6 Å². The molecule has 0 radical (unpaired) electrons. The Kier molecular flexibility index (Phi) is 8.00. The number of carbonyl (C=O) groups excluding carboxylic acids is 3. The second-order valence-electron chi connectivity index (χ2n) is 8.88. The number of nitrogens with two attached hydrogens (primary N) is 1. The van der Waals surface area contributed by atoms with Gasteiger partial charge in [0.25, 0.3) is 5.91 Å². The van der Waals surface area contributed by atoms with Crippen molar-refractivity contribution < 1.29 is 24.4 Å². The molecule has 1 aliphatic heterocycles. The van der Waals surface area contributed by atoms with Gasteiger partial charge in [-0.15, -0.1) is 0 Å². The smallest absolute Gasteiger partial charge is 0.417 e. The number of aromatic nitrogens is 2. The van der Waals surface area contributed by atoms with E-state index in [-0.39, 0.29) is 18.4 Å². The third kappa shape index (κ3) is 6.55. The minimum absolute atomic E-state index is 0.144. The fourth-order valence-corrected chi connectivity index (χ4v) is 3.69. The Morgan fingerprint density at radius 1 is 1.33 bits per heavy atom. The summed E-state index contributed by atoms with van der Waals surface area (Å²) in [5.74, 6) is -0.492. The van der Waals surface area contributed by atoms with Crippen LogP contribution in [0.1, 0.15) is 58.3 Å². The number of hydrogen-bond donors (Lipinski definition) is 1. The summed E-state index contributed by atoms with van der Waals surface area (Å²) >= 11 is 0. The van der Waals surface area contributed by atoms with E-state index in [1.165, 1.54) is 11.8 Å². The molecule has 0 spiro atoms. The number of likely N-dealkylation sites (tertiary alicyclic amines) is 1. The van der Waals surface area contributed by atoms with Crippen molar-refractivity contribution in [2.45, 2.75) is 72.1 Å². The first kappa shape index (κ1) is 23.9. The Morgan fingerprint density at radius 2 is 2.03 bits per heavy atom. The molecule has 9 nitrogen and oxygen atoms in total. The predicted molar refractivity (Wildman–Crippen MR) is 111 cm³/mol. The summed E-state index contributed by atoms with van der Waals surface area (Å²) in [6, 6.07) is 1.46. The first-order valence-corrected chi connectivity index (χ1v) is 10.6. The zero-order valence-corrected chi connectivity index (χ0v) is 19.1. The van der Waals surface area contributed by atoms with Gasteiger partial charge in [0.1, 0.15) is 18.2 Å². The molecule has 3 amide bonds. The second kappa shape index (κ2) is 10.1. The number of nitrogens with zero attached hydrogens (tertiary/aromatic N) is 4. The molecule has 0 aromatic carbocycles. The maximum Gasteiger partial charge on any atom is 0.417 e. The van der Waals surface area contributed by atoms with Gasteiger partial charge in [0, 0.05) is 33.5 Å². The Bertz CT molecular complexity index is 768. The second-order valence-corrected chi connectivity index (χ2v) is 8.88. The number of imide groups is 1. The van der Waals surface area contributed by atoms with Crippen LogP contribution in [0.25, 0.3) is 0 Å². The van der Waals surface area contributed by atoms with E-state index < -0.39 is 17.7 Å². The van der Waals surface area contributed by atoms with Crippen LogP contribution in [-0.2, 0) is 27.9 Å². The third-order valence-electron chi connectivity index (χ3n) is 5.06. The van der Waals surface area contributed by atoms with E-state index in [2.05, 4.69) is 10.4 Å². The minimum Gasteiger partial charge on any atom is -0.443 e. The summed E-state index contributed by atoms with van der Waals surface area (Å²) < 4.78 is 7.32. The molecular formula is C21H36N5O4+. The average molecular weight is 423 g/mol. The van der Waals surface area contributed by atoms with Crippen molar-refractivity contribution in [1.29, 1.82) is 0 Å². The highest BCUT2D eigenvalue weighted by atomic mass is 16.6. The lowest BCUT2D eigenvalue weighted by Crippen LogP contribution is -2.83. The fraction of sp³-hybridized carbons (Fsp3) is 0.714. The highest BCUT2D eigenvalue weighted by molar-refractivity contribution is 5.97. The van der Waals surface area contributed by atoms with Crippen LogP contribution in [0.4, 0.5) is 4.79 Å². The van der Waals surface area contributed by atoms with Crippen molar-refractivity contribution in [3.63, 3.8) is 0 Å². The predicted octanol–water partition coefficient (Wildman–Crippen LogP) is 0.957. The first-order valence-electron chi connectivity index (χ1n) is 10.6. The molecule has 1 aliphatic rings. The molecule has 1 atom stereocenters. The lowest BCUT2D eigenvalue weighted by molar-refractivity contribution is -0.671. The zero-order chi connectivity index (χ0) is 22.5. The van der Waals surface area contributed by atoms with E-state index in [1.807, 2.05) is 24.7 Å². The van der Waals surface area contributed by atoms with E-state index >= 15 is 0 Å². The van der Waals surface area contributed by atoms with Gasteiger partial charge in [-0.2, -0.15) is 5.10 Å². The normalized spacial score (nSPS) is 16.6. The van der Waals surface area contributed by atoms with Gasteiger partial charge in [-0.25, -0.2) is 9.69 Å². The van der Waals surface area contributed by atoms with Crippen molar-refractivity contribution in [1.82, 2.24) is 19.6 Å². The molecule has 2 heterocycles. The summed E-state index contributed by atoms with van der Waals surface area (Å²) in [5, 5.41) is 6.47. The Balaban J connectivity index is 1.97. The Morgan fingerprint density at radius 3 is 2.60 bits per heavy atom. The summed E-state index contributed by atoms with van der Waals surface area (Å²) in [7, 11) is 1.92. The van der Waals surface area contributed by atoms with Gasteiger partial charge < -0.3 is 15.0 Å². The molecule has 0 aliphatic carbocycles. The Labute approximate surface area is 178 Å². The van der Waals surface area contributed by atoms with E-state index in [0.29, 0.717) is 19.4 Å². The lowest BCUT2D eigenvalue weighted by atomic mass is 10.2. The van der Waals surface area contributed by atoms with Gasteiger partial charge in [-0.1, -0.05) is 0 Å². The molecule has 2 N–H and O–H groups in total. The van der Waals surface area contributed by atoms with Gasteiger partial charge in [-0.3, -0.25) is 14.3 Å². The minimum atomic E-state index is -0.699. The summed E-state index contributed by atoms with van der Waals surface area (Å²) in [4.78, 5) is 40.5. The number of amides is 3. The van der Waals surface area contributed by atoms with E-state index in [4.69, 9.17) is 4.74 Å². The van der Waals surface area contributed by atoms with E-state index in [0.717, 1.165) is 30.9 Å². The van der Waals surface area contributed by atoms with E-state index in [9.17, 15) is 14.4 Å². The zero-order valence-electron chi connectivity index (χ0n) is 19.1. The standard InChI is InChI=1S/C21H35N5O4/c1-15-13-17(24(6)23-15)14-22-10-8-12-26(20(29)30-21(3,4)5)19(28)18-9-7-11-25(18)16(2)27/h13,18,22H,7-12,14H2,1-6H3/p+1/t18-/m0/s1. The van der Waals surface area contributed by atoms with Gasteiger partial charge in [0.05, 0.1) is 17.9 Å². The number of rotatable bonds is 7. The molecule has 1 aromatic rings. The molecule has 9 heteroatoms. The largest absolute Gasteiger partial charge is 0.443 e. The fourth-order valence-electron chi connectivity index (χ4n) is 3.69. The van der Waals surface area contributed by atoms with Crippen LogP contribution in [-0.4, -0.2) is 68.8 Å². The number of carbonyl (C=O) groups is 3. The summed E-state index contributed by atoms with van der Waals surface area (Å²) in [5.41, 5.74) is 1.40. The van der Waals surface area contributed by atoms with Gasteiger partial charge >= 0.3 is 6.09 Å². The highest BCUT2D eigenvalue weighted by Gasteiger charge is 2.38. The number of quaternary nitrogens is 1. The molecule has 30 heavy (non-hydrogen) atoms. The number of hydrogen-bond acceptors (Lipinski definition) is 5.